The van der Waals surface area contributed by atoms with Crippen LogP contribution >= 0.6 is 11.8 Å². The summed E-state index contributed by atoms with van der Waals surface area (Å²) in [6.45, 7) is 4.19. The number of hydrogen-bond acceptors (Lipinski definition) is 5. The minimum atomic E-state index is -3.48. The van der Waals surface area contributed by atoms with E-state index < -0.39 is 14.8 Å². The third-order valence-electron chi connectivity index (χ3n) is 3.33. The molecule has 0 amide bonds. The fourth-order valence-electron chi connectivity index (χ4n) is 2.00. The van der Waals surface area contributed by atoms with E-state index >= 15 is 0 Å². The molecule has 0 heterocycles. The lowest BCUT2D eigenvalue weighted by Crippen LogP contribution is -1.99. The van der Waals surface area contributed by atoms with Gasteiger partial charge in [-0.25, -0.2) is 8.42 Å². The van der Waals surface area contributed by atoms with Crippen molar-refractivity contribution < 1.29 is 13.3 Å². The van der Waals surface area contributed by atoms with Gasteiger partial charge in [-0.3, -0.25) is 10.1 Å². The minimum Gasteiger partial charge on any atom is -0.258 e. The van der Waals surface area contributed by atoms with Crippen molar-refractivity contribution in [3.63, 3.8) is 0 Å². The molecule has 0 spiro atoms. The van der Waals surface area contributed by atoms with Crippen molar-refractivity contribution in [3.8, 4) is 0 Å². The smallest absolute Gasteiger partial charge is 0.258 e. The summed E-state index contributed by atoms with van der Waals surface area (Å²) in [4.78, 5) is 11.9. The van der Waals surface area contributed by atoms with Crippen LogP contribution in [0.15, 0.2) is 57.2 Å². The predicted molar refractivity (Wildman–Crippen MR) is 90.9 cm³/mol. The Morgan fingerprint density at radius 3 is 2.17 bits per heavy atom. The van der Waals surface area contributed by atoms with Crippen molar-refractivity contribution in [2.24, 2.45) is 0 Å². The maximum Gasteiger partial charge on any atom is 0.284 e. The van der Waals surface area contributed by atoms with Gasteiger partial charge >= 0.3 is 0 Å². The SMILES string of the molecule is CC(C)c1ccc(Sc2ccc(S(C)(=O)=O)cc2[N+](=O)[O-])cc1. The molecule has 23 heavy (non-hydrogen) atoms. The lowest BCUT2D eigenvalue weighted by atomic mass is 10.0. The molecule has 0 atom stereocenters. The number of nitro benzene ring substituents is 1. The second kappa shape index (κ2) is 6.72. The average molecular weight is 351 g/mol. The van der Waals surface area contributed by atoms with Crippen molar-refractivity contribution in [2.45, 2.75) is 34.5 Å². The summed E-state index contributed by atoms with van der Waals surface area (Å²) in [7, 11) is -3.48. The number of benzene rings is 2. The van der Waals surface area contributed by atoms with E-state index in [1.54, 1.807) is 0 Å². The zero-order valence-corrected chi connectivity index (χ0v) is 14.6. The molecule has 0 aliphatic carbocycles. The van der Waals surface area contributed by atoms with E-state index in [2.05, 4.69) is 13.8 Å². The Labute approximate surface area is 139 Å². The highest BCUT2D eigenvalue weighted by atomic mass is 32.2. The Balaban J connectivity index is 2.37. The third-order valence-corrected chi connectivity index (χ3v) is 5.51. The third kappa shape index (κ3) is 4.33. The molecule has 0 unspecified atom stereocenters. The lowest BCUT2D eigenvalue weighted by Gasteiger charge is -2.08. The van der Waals surface area contributed by atoms with Gasteiger partial charge < -0.3 is 0 Å². The number of nitrogens with zero attached hydrogens (tertiary/aromatic N) is 1. The molecule has 2 aromatic rings. The average Bonchev–Trinajstić information content (AvgIpc) is 2.46. The Hall–Kier alpha value is -1.86. The molecule has 0 saturated heterocycles. The summed E-state index contributed by atoms with van der Waals surface area (Å²) in [5.74, 6) is 0.414. The fourth-order valence-corrected chi connectivity index (χ4v) is 3.55. The molecule has 5 nitrogen and oxygen atoms in total. The van der Waals surface area contributed by atoms with Crippen molar-refractivity contribution in [2.75, 3.05) is 6.26 Å². The number of hydrogen-bond donors (Lipinski definition) is 0. The van der Waals surface area contributed by atoms with Crippen LogP contribution < -0.4 is 0 Å². The molecule has 122 valence electrons. The molecule has 0 N–H and O–H groups in total. The summed E-state index contributed by atoms with van der Waals surface area (Å²) in [6.07, 6.45) is 1.03. The van der Waals surface area contributed by atoms with Crippen molar-refractivity contribution in [3.05, 3.63) is 58.1 Å². The van der Waals surface area contributed by atoms with E-state index in [1.807, 2.05) is 24.3 Å². The van der Waals surface area contributed by atoms with Gasteiger partial charge in [-0.05, 0) is 35.7 Å². The van der Waals surface area contributed by atoms with Crippen molar-refractivity contribution in [1.29, 1.82) is 0 Å². The molecular weight excluding hydrogens is 334 g/mol. The number of rotatable bonds is 5. The van der Waals surface area contributed by atoms with Crippen LogP contribution in [-0.2, 0) is 9.84 Å². The molecule has 2 rings (SSSR count). The van der Waals surface area contributed by atoms with Crippen LogP contribution in [0.25, 0.3) is 0 Å². The summed E-state index contributed by atoms with van der Waals surface area (Å²) < 4.78 is 23.1. The van der Waals surface area contributed by atoms with Crippen LogP contribution in [0.1, 0.15) is 25.3 Å². The van der Waals surface area contributed by atoms with Crippen molar-refractivity contribution in [1.82, 2.24) is 0 Å². The topological polar surface area (TPSA) is 77.3 Å². The highest BCUT2D eigenvalue weighted by Gasteiger charge is 2.19. The second-order valence-electron chi connectivity index (χ2n) is 5.48. The second-order valence-corrected chi connectivity index (χ2v) is 8.62. The van der Waals surface area contributed by atoms with Crippen LogP contribution in [0.4, 0.5) is 5.69 Å². The van der Waals surface area contributed by atoms with Crippen LogP contribution in [0.2, 0.25) is 0 Å². The Morgan fingerprint density at radius 2 is 1.70 bits per heavy atom. The van der Waals surface area contributed by atoms with E-state index in [0.29, 0.717) is 10.8 Å². The highest BCUT2D eigenvalue weighted by Crippen LogP contribution is 2.36. The van der Waals surface area contributed by atoms with Crippen LogP contribution in [0, 0.1) is 10.1 Å². The summed E-state index contributed by atoms with van der Waals surface area (Å²) >= 11 is 1.25. The molecule has 0 saturated carbocycles. The molecule has 2 aromatic carbocycles. The van der Waals surface area contributed by atoms with Gasteiger partial charge in [-0.2, -0.15) is 0 Å². The van der Waals surface area contributed by atoms with Gasteiger partial charge in [0, 0.05) is 17.2 Å². The number of nitro groups is 1. The monoisotopic (exact) mass is 351 g/mol. The molecule has 0 bridgehead atoms. The standard InChI is InChI=1S/C16H17NO4S2/c1-11(2)12-4-6-13(7-5-12)22-16-9-8-14(23(3,20)21)10-15(16)17(18)19/h4-11H,1-3H3. The fraction of sp³-hybridized carbons (Fsp3) is 0.250. The summed E-state index contributed by atoms with van der Waals surface area (Å²) in [5.41, 5.74) is 0.988. The van der Waals surface area contributed by atoms with Gasteiger partial charge in [0.05, 0.1) is 14.7 Å². The first-order valence-corrected chi connectivity index (χ1v) is 9.65. The zero-order valence-electron chi connectivity index (χ0n) is 13.0. The quantitative estimate of drug-likeness (QED) is 0.594. The summed E-state index contributed by atoms with van der Waals surface area (Å²) in [6, 6.07) is 11.8. The van der Waals surface area contributed by atoms with E-state index in [9.17, 15) is 18.5 Å². The molecule has 7 heteroatoms. The molecule has 0 radical (unpaired) electrons. The van der Waals surface area contributed by atoms with Gasteiger partial charge in [0.15, 0.2) is 9.84 Å². The molecular formula is C16H17NO4S2. The first-order chi connectivity index (χ1) is 10.7. The van der Waals surface area contributed by atoms with Crippen molar-refractivity contribution >= 4 is 27.3 Å². The molecule has 0 aliphatic heterocycles. The molecule has 0 fully saturated rings. The zero-order chi connectivity index (χ0) is 17.2. The molecule has 0 aromatic heterocycles. The first kappa shape index (κ1) is 17.5. The van der Waals surface area contributed by atoms with Gasteiger partial charge in [-0.1, -0.05) is 37.7 Å². The lowest BCUT2D eigenvalue weighted by molar-refractivity contribution is -0.388. The normalized spacial score (nSPS) is 11.7. The highest BCUT2D eigenvalue weighted by molar-refractivity contribution is 7.99. The maximum absolute atomic E-state index is 11.5. The van der Waals surface area contributed by atoms with E-state index in [4.69, 9.17) is 0 Å². The van der Waals surface area contributed by atoms with E-state index in [0.717, 1.165) is 17.2 Å². The first-order valence-electron chi connectivity index (χ1n) is 6.95. The van der Waals surface area contributed by atoms with Gasteiger partial charge in [0.2, 0.25) is 0 Å². The predicted octanol–water partition coefficient (Wildman–Crippen LogP) is 4.27. The molecule has 0 aliphatic rings. The summed E-state index contributed by atoms with van der Waals surface area (Å²) in [5, 5.41) is 11.2. The van der Waals surface area contributed by atoms with Crippen LogP contribution in [0.3, 0.4) is 0 Å². The number of sulfone groups is 1. The van der Waals surface area contributed by atoms with E-state index in [1.165, 1.54) is 29.5 Å². The van der Waals surface area contributed by atoms with E-state index in [-0.39, 0.29) is 10.6 Å². The maximum atomic E-state index is 11.5. The van der Waals surface area contributed by atoms with Gasteiger partial charge in [0.1, 0.15) is 0 Å². The van der Waals surface area contributed by atoms with Gasteiger partial charge in [-0.15, -0.1) is 0 Å². The van der Waals surface area contributed by atoms with Crippen LogP contribution in [0.5, 0.6) is 0 Å². The minimum absolute atomic E-state index is 0.0521. The Kier molecular flexibility index (Phi) is 5.11. The van der Waals surface area contributed by atoms with Gasteiger partial charge in [0.25, 0.3) is 5.69 Å². The Morgan fingerprint density at radius 1 is 1.09 bits per heavy atom. The largest absolute Gasteiger partial charge is 0.284 e. The Bertz CT molecular complexity index is 828. The van der Waals surface area contributed by atoms with Crippen LogP contribution in [-0.4, -0.2) is 19.6 Å².